The minimum atomic E-state index is -0.618. The molecule has 104 valence electrons. The van der Waals surface area contributed by atoms with Crippen molar-refractivity contribution in [1.29, 1.82) is 0 Å². The van der Waals surface area contributed by atoms with Crippen LogP contribution >= 0.6 is 0 Å². The normalized spacial score (nSPS) is 51.2. The Morgan fingerprint density at radius 1 is 1.22 bits per heavy atom. The maximum Gasteiger partial charge on any atom is 0.0702 e. The van der Waals surface area contributed by atoms with Gasteiger partial charge in [-0.1, -0.05) is 20.3 Å². The molecule has 0 saturated heterocycles. The minimum Gasteiger partial charge on any atom is -0.390 e. The summed E-state index contributed by atoms with van der Waals surface area (Å²) in [5.41, 5.74) is -1.09. The predicted octanol–water partition coefficient (Wildman–Crippen LogP) is 3.11. The first-order valence-electron chi connectivity index (χ1n) is 7.75. The smallest absolute Gasteiger partial charge is 0.0702 e. The third-order valence-electron chi connectivity index (χ3n) is 6.68. The van der Waals surface area contributed by atoms with E-state index >= 15 is 0 Å². The summed E-state index contributed by atoms with van der Waals surface area (Å²) < 4.78 is 0. The summed E-state index contributed by atoms with van der Waals surface area (Å²) in [7, 11) is 0. The molecule has 4 bridgehead atoms. The van der Waals surface area contributed by atoms with Crippen LogP contribution in [0, 0.1) is 23.2 Å². The molecule has 0 radical (unpaired) electrons. The lowest BCUT2D eigenvalue weighted by Gasteiger charge is -2.65. The first-order chi connectivity index (χ1) is 8.30. The van der Waals surface area contributed by atoms with Crippen LogP contribution in [0.15, 0.2) is 0 Å². The van der Waals surface area contributed by atoms with E-state index in [9.17, 15) is 10.2 Å². The number of aliphatic hydroxyl groups is 2. The van der Waals surface area contributed by atoms with Gasteiger partial charge >= 0.3 is 0 Å². The van der Waals surface area contributed by atoms with E-state index in [0.29, 0.717) is 17.8 Å². The van der Waals surface area contributed by atoms with Crippen molar-refractivity contribution in [1.82, 2.24) is 0 Å². The van der Waals surface area contributed by atoms with Gasteiger partial charge in [0.1, 0.15) is 0 Å². The van der Waals surface area contributed by atoms with Crippen molar-refractivity contribution in [2.24, 2.45) is 23.2 Å². The summed E-state index contributed by atoms with van der Waals surface area (Å²) in [5.74, 6) is 1.64. The third-order valence-corrected chi connectivity index (χ3v) is 6.68. The molecular weight excluding hydrogens is 224 g/mol. The van der Waals surface area contributed by atoms with Crippen LogP contribution < -0.4 is 0 Å². The van der Waals surface area contributed by atoms with Crippen LogP contribution in [0.3, 0.4) is 0 Å². The second kappa shape index (κ2) is 3.73. The first kappa shape index (κ1) is 12.9. The van der Waals surface area contributed by atoms with E-state index in [1.54, 1.807) is 0 Å². The van der Waals surface area contributed by atoms with Gasteiger partial charge in [-0.2, -0.15) is 0 Å². The van der Waals surface area contributed by atoms with Gasteiger partial charge in [0.15, 0.2) is 0 Å². The lowest BCUT2D eigenvalue weighted by molar-refractivity contribution is -0.237. The summed E-state index contributed by atoms with van der Waals surface area (Å²) in [6.45, 7) is 6.37. The number of hydrogen-bond acceptors (Lipinski definition) is 2. The third kappa shape index (κ3) is 1.61. The quantitative estimate of drug-likeness (QED) is 0.810. The van der Waals surface area contributed by atoms with Crippen LogP contribution in [0.4, 0.5) is 0 Å². The van der Waals surface area contributed by atoms with Gasteiger partial charge in [0, 0.05) is 5.41 Å². The number of hydrogen-bond donors (Lipinski definition) is 2. The summed E-state index contributed by atoms with van der Waals surface area (Å²) in [5, 5.41) is 21.9. The largest absolute Gasteiger partial charge is 0.390 e. The molecule has 4 aliphatic carbocycles. The summed E-state index contributed by atoms with van der Waals surface area (Å²) >= 11 is 0. The Kier molecular flexibility index (Phi) is 2.68. The molecule has 2 nitrogen and oxygen atoms in total. The fourth-order valence-electron chi connectivity index (χ4n) is 5.73. The molecule has 0 spiro atoms. The highest BCUT2D eigenvalue weighted by Gasteiger charge is 2.63. The molecule has 0 aromatic rings. The molecule has 2 heteroatoms. The Labute approximate surface area is 111 Å². The maximum atomic E-state index is 11.2. The van der Waals surface area contributed by atoms with E-state index in [-0.39, 0.29) is 5.41 Å². The maximum absolute atomic E-state index is 11.2. The molecule has 0 aromatic carbocycles. The van der Waals surface area contributed by atoms with Crippen LogP contribution in [0.25, 0.3) is 0 Å². The number of rotatable bonds is 3. The average molecular weight is 252 g/mol. The van der Waals surface area contributed by atoms with Gasteiger partial charge < -0.3 is 10.2 Å². The molecule has 18 heavy (non-hydrogen) atoms. The standard InChI is InChI=1S/C16H28O2/c1-4-11(2)14(3,17)15-6-12-5-13(7-15)9-16(18,8-12)10-15/h11-13,17-18H,4-10H2,1-3H3. The van der Waals surface area contributed by atoms with Crippen molar-refractivity contribution in [3.63, 3.8) is 0 Å². The minimum absolute atomic E-state index is 0.0126. The van der Waals surface area contributed by atoms with Crippen LogP contribution in [-0.2, 0) is 0 Å². The highest BCUT2D eigenvalue weighted by atomic mass is 16.3. The van der Waals surface area contributed by atoms with Gasteiger partial charge in [0.05, 0.1) is 11.2 Å². The summed E-state index contributed by atoms with van der Waals surface area (Å²) in [6, 6.07) is 0. The van der Waals surface area contributed by atoms with Crippen LogP contribution in [0.2, 0.25) is 0 Å². The monoisotopic (exact) mass is 252 g/mol. The molecule has 0 aliphatic heterocycles. The molecule has 2 N–H and O–H groups in total. The second-order valence-electron chi connectivity index (χ2n) is 7.92. The molecule has 4 unspecified atom stereocenters. The van der Waals surface area contributed by atoms with Crippen molar-refractivity contribution in [2.45, 2.75) is 76.9 Å². The predicted molar refractivity (Wildman–Crippen MR) is 72.1 cm³/mol. The zero-order chi connectivity index (χ0) is 13.2. The highest BCUT2D eigenvalue weighted by Crippen LogP contribution is 2.66. The summed E-state index contributed by atoms with van der Waals surface area (Å²) in [6.07, 6.45) is 7.41. The van der Waals surface area contributed by atoms with Gasteiger partial charge in [0.2, 0.25) is 0 Å². The van der Waals surface area contributed by atoms with Crippen molar-refractivity contribution >= 4 is 0 Å². The highest BCUT2D eigenvalue weighted by molar-refractivity contribution is 5.14. The van der Waals surface area contributed by atoms with E-state index in [2.05, 4.69) is 13.8 Å². The van der Waals surface area contributed by atoms with E-state index in [1.165, 1.54) is 6.42 Å². The molecular formula is C16H28O2. The lowest BCUT2D eigenvalue weighted by Crippen LogP contribution is -2.64. The topological polar surface area (TPSA) is 40.5 Å². The Morgan fingerprint density at radius 2 is 1.78 bits per heavy atom. The van der Waals surface area contributed by atoms with E-state index in [4.69, 9.17) is 0 Å². The van der Waals surface area contributed by atoms with Crippen molar-refractivity contribution < 1.29 is 10.2 Å². The van der Waals surface area contributed by atoms with Crippen LogP contribution in [-0.4, -0.2) is 21.4 Å². The lowest BCUT2D eigenvalue weighted by atomic mass is 9.43. The Hall–Kier alpha value is -0.0800. The van der Waals surface area contributed by atoms with Crippen molar-refractivity contribution in [3.8, 4) is 0 Å². The van der Waals surface area contributed by atoms with Gasteiger partial charge in [-0.15, -0.1) is 0 Å². The SMILES string of the molecule is CCC(C)C(C)(O)C12CC3CC(CC(O)(C3)C1)C2. The van der Waals surface area contributed by atoms with Crippen molar-refractivity contribution in [3.05, 3.63) is 0 Å². The Morgan fingerprint density at radius 3 is 2.22 bits per heavy atom. The molecule has 4 saturated carbocycles. The van der Waals surface area contributed by atoms with E-state index < -0.39 is 11.2 Å². The van der Waals surface area contributed by atoms with Gasteiger partial charge in [0.25, 0.3) is 0 Å². The molecule has 4 fully saturated rings. The first-order valence-corrected chi connectivity index (χ1v) is 7.75. The zero-order valence-electron chi connectivity index (χ0n) is 12.1. The Bertz CT molecular complexity index is 333. The fraction of sp³-hybridized carbons (Fsp3) is 1.00. The van der Waals surface area contributed by atoms with E-state index in [1.807, 2.05) is 6.92 Å². The Balaban J connectivity index is 1.96. The van der Waals surface area contributed by atoms with Gasteiger partial charge in [-0.3, -0.25) is 0 Å². The van der Waals surface area contributed by atoms with Gasteiger partial charge in [-0.25, -0.2) is 0 Å². The fourth-order valence-corrected chi connectivity index (χ4v) is 5.73. The second-order valence-corrected chi connectivity index (χ2v) is 7.92. The summed E-state index contributed by atoms with van der Waals surface area (Å²) in [4.78, 5) is 0. The van der Waals surface area contributed by atoms with Crippen molar-refractivity contribution in [2.75, 3.05) is 0 Å². The average Bonchev–Trinajstić information content (AvgIpc) is 2.24. The molecule has 0 amide bonds. The van der Waals surface area contributed by atoms with Crippen LogP contribution in [0.1, 0.15) is 65.7 Å². The van der Waals surface area contributed by atoms with Gasteiger partial charge in [-0.05, 0) is 63.2 Å². The molecule has 0 heterocycles. The molecule has 4 atom stereocenters. The van der Waals surface area contributed by atoms with Crippen LogP contribution in [0.5, 0.6) is 0 Å². The molecule has 4 aliphatic rings. The molecule has 4 rings (SSSR count). The zero-order valence-corrected chi connectivity index (χ0v) is 12.1. The molecule has 0 aromatic heterocycles. The van der Waals surface area contributed by atoms with E-state index in [0.717, 1.165) is 38.5 Å².